The third-order valence-corrected chi connectivity index (χ3v) is 1.93. The lowest BCUT2D eigenvalue weighted by atomic mass is 10.1. The van der Waals surface area contributed by atoms with Gasteiger partial charge in [0.2, 0.25) is 0 Å². The molecule has 0 heterocycles. The Labute approximate surface area is 99.1 Å². The van der Waals surface area contributed by atoms with Crippen LogP contribution in [0.4, 0.5) is 4.79 Å². The Bertz CT molecular complexity index is 220. The molecule has 0 bridgehead atoms. The minimum Gasteiger partial charge on any atom is -0.444 e. The lowest BCUT2D eigenvalue weighted by Crippen LogP contribution is -2.50. The van der Waals surface area contributed by atoms with Crippen LogP contribution in [0.15, 0.2) is 0 Å². The number of nitrogens with one attached hydrogen (secondary N) is 2. The summed E-state index contributed by atoms with van der Waals surface area (Å²) in [5.41, 5.74) is -0.544. The van der Waals surface area contributed by atoms with Gasteiger partial charge in [-0.2, -0.15) is 0 Å². The van der Waals surface area contributed by atoms with Gasteiger partial charge in [-0.1, -0.05) is 6.92 Å². The van der Waals surface area contributed by atoms with Crippen molar-refractivity contribution in [1.82, 2.24) is 10.6 Å². The topological polar surface area (TPSA) is 50.4 Å². The first kappa shape index (κ1) is 15.2. The largest absolute Gasteiger partial charge is 0.444 e. The minimum atomic E-state index is -0.439. The van der Waals surface area contributed by atoms with E-state index >= 15 is 0 Å². The van der Waals surface area contributed by atoms with E-state index in [-0.39, 0.29) is 11.6 Å². The lowest BCUT2D eigenvalue weighted by molar-refractivity contribution is 0.0514. The maximum Gasteiger partial charge on any atom is 0.407 e. The SMILES string of the molecule is CCCNC(C)(C)CNC(=O)OC(C)(C)C. The number of rotatable bonds is 5. The third-order valence-electron chi connectivity index (χ3n) is 1.93. The highest BCUT2D eigenvalue weighted by molar-refractivity contribution is 5.67. The van der Waals surface area contributed by atoms with Crippen LogP contribution in [0.1, 0.15) is 48.0 Å². The summed E-state index contributed by atoms with van der Waals surface area (Å²) in [7, 11) is 0. The maximum absolute atomic E-state index is 11.4. The van der Waals surface area contributed by atoms with Crippen LogP contribution in [0.3, 0.4) is 0 Å². The fraction of sp³-hybridized carbons (Fsp3) is 0.917. The van der Waals surface area contributed by atoms with E-state index in [0.717, 1.165) is 13.0 Å². The monoisotopic (exact) mass is 230 g/mol. The number of carbonyl (C=O) groups excluding carboxylic acids is 1. The van der Waals surface area contributed by atoms with Gasteiger partial charge in [0.15, 0.2) is 0 Å². The molecule has 0 radical (unpaired) electrons. The van der Waals surface area contributed by atoms with Gasteiger partial charge in [-0.05, 0) is 47.6 Å². The summed E-state index contributed by atoms with van der Waals surface area (Å²) in [5.74, 6) is 0. The van der Waals surface area contributed by atoms with Crippen LogP contribution in [0.5, 0.6) is 0 Å². The van der Waals surface area contributed by atoms with E-state index in [2.05, 4.69) is 31.4 Å². The van der Waals surface area contributed by atoms with Gasteiger partial charge in [-0.3, -0.25) is 0 Å². The summed E-state index contributed by atoms with van der Waals surface area (Å²) in [4.78, 5) is 11.4. The predicted molar refractivity (Wildman–Crippen MR) is 66.6 cm³/mol. The number of alkyl carbamates (subject to hydrolysis) is 1. The number of carbonyl (C=O) groups is 1. The molecule has 0 spiro atoms. The molecule has 0 saturated carbocycles. The van der Waals surface area contributed by atoms with Gasteiger partial charge in [0, 0.05) is 12.1 Å². The van der Waals surface area contributed by atoms with Crippen LogP contribution < -0.4 is 10.6 Å². The molecule has 16 heavy (non-hydrogen) atoms. The van der Waals surface area contributed by atoms with Crippen molar-refractivity contribution >= 4 is 6.09 Å². The number of amides is 1. The number of hydrogen-bond donors (Lipinski definition) is 2. The molecule has 0 aromatic heterocycles. The second kappa shape index (κ2) is 6.09. The molecule has 0 aliphatic carbocycles. The highest BCUT2D eigenvalue weighted by atomic mass is 16.6. The van der Waals surface area contributed by atoms with Gasteiger partial charge >= 0.3 is 6.09 Å². The predicted octanol–water partition coefficient (Wildman–Crippen LogP) is 2.29. The summed E-state index contributed by atoms with van der Waals surface area (Å²) >= 11 is 0. The molecular weight excluding hydrogens is 204 g/mol. The first-order chi connectivity index (χ1) is 7.16. The molecule has 0 aliphatic heterocycles. The fourth-order valence-corrected chi connectivity index (χ4v) is 1.13. The average Bonchev–Trinajstić information content (AvgIpc) is 2.09. The molecular formula is C12H26N2O2. The molecule has 0 aromatic rings. The highest BCUT2D eigenvalue weighted by Crippen LogP contribution is 2.07. The molecule has 4 nitrogen and oxygen atoms in total. The molecule has 0 aliphatic rings. The van der Waals surface area contributed by atoms with Crippen LogP contribution in [-0.4, -0.2) is 30.3 Å². The molecule has 96 valence electrons. The summed E-state index contributed by atoms with van der Waals surface area (Å²) in [6.45, 7) is 13.3. The molecule has 4 heteroatoms. The number of ether oxygens (including phenoxy) is 1. The van der Waals surface area contributed by atoms with Crippen molar-refractivity contribution in [1.29, 1.82) is 0 Å². The van der Waals surface area contributed by atoms with Crippen molar-refractivity contribution in [3.63, 3.8) is 0 Å². The average molecular weight is 230 g/mol. The molecule has 0 saturated heterocycles. The molecule has 0 unspecified atom stereocenters. The van der Waals surface area contributed by atoms with Gasteiger partial charge in [-0.15, -0.1) is 0 Å². The van der Waals surface area contributed by atoms with E-state index in [9.17, 15) is 4.79 Å². The summed E-state index contributed by atoms with van der Waals surface area (Å²) in [6, 6.07) is 0. The zero-order valence-electron chi connectivity index (χ0n) is 11.4. The highest BCUT2D eigenvalue weighted by Gasteiger charge is 2.20. The van der Waals surface area contributed by atoms with Gasteiger partial charge in [-0.25, -0.2) is 4.79 Å². The normalized spacial score (nSPS) is 12.4. The van der Waals surface area contributed by atoms with Crippen molar-refractivity contribution in [2.45, 2.75) is 59.1 Å². The van der Waals surface area contributed by atoms with Crippen LogP contribution in [-0.2, 0) is 4.74 Å². The van der Waals surface area contributed by atoms with Gasteiger partial charge in [0.05, 0.1) is 0 Å². The molecule has 0 atom stereocenters. The standard InChI is InChI=1S/C12H26N2O2/c1-7-8-14-12(5,6)9-13-10(15)16-11(2,3)4/h14H,7-9H2,1-6H3,(H,13,15). The van der Waals surface area contributed by atoms with Crippen molar-refractivity contribution in [2.24, 2.45) is 0 Å². The smallest absolute Gasteiger partial charge is 0.407 e. The second-order valence-corrected chi connectivity index (χ2v) is 5.67. The van der Waals surface area contributed by atoms with Crippen molar-refractivity contribution in [2.75, 3.05) is 13.1 Å². The first-order valence-corrected chi connectivity index (χ1v) is 5.88. The Hall–Kier alpha value is -0.770. The molecule has 0 aromatic carbocycles. The fourth-order valence-electron chi connectivity index (χ4n) is 1.13. The minimum absolute atomic E-state index is 0.104. The summed E-state index contributed by atoms with van der Waals surface area (Å²) in [5, 5.41) is 6.12. The van der Waals surface area contributed by atoms with Crippen molar-refractivity contribution < 1.29 is 9.53 Å². The first-order valence-electron chi connectivity index (χ1n) is 5.88. The second-order valence-electron chi connectivity index (χ2n) is 5.67. The third kappa shape index (κ3) is 8.53. The summed E-state index contributed by atoms with van der Waals surface area (Å²) in [6.07, 6.45) is 0.717. The lowest BCUT2D eigenvalue weighted by Gasteiger charge is -2.27. The van der Waals surface area contributed by atoms with Gasteiger partial charge < -0.3 is 15.4 Å². The van der Waals surface area contributed by atoms with Gasteiger partial charge in [0.25, 0.3) is 0 Å². The Balaban J connectivity index is 3.90. The van der Waals surface area contributed by atoms with Crippen LogP contribution in [0.2, 0.25) is 0 Å². The molecule has 1 amide bonds. The summed E-state index contributed by atoms with van der Waals surface area (Å²) < 4.78 is 5.16. The van der Waals surface area contributed by atoms with Crippen molar-refractivity contribution in [3.8, 4) is 0 Å². The zero-order chi connectivity index (χ0) is 12.8. The van der Waals surface area contributed by atoms with E-state index in [1.54, 1.807) is 0 Å². The van der Waals surface area contributed by atoms with E-state index in [1.807, 2.05) is 20.8 Å². The molecule has 0 rings (SSSR count). The quantitative estimate of drug-likeness (QED) is 0.762. The van der Waals surface area contributed by atoms with Crippen molar-refractivity contribution in [3.05, 3.63) is 0 Å². The van der Waals surface area contributed by atoms with E-state index in [1.165, 1.54) is 0 Å². The molecule has 0 fully saturated rings. The van der Waals surface area contributed by atoms with Crippen LogP contribution in [0.25, 0.3) is 0 Å². The maximum atomic E-state index is 11.4. The Morgan fingerprint density at radius 1 is 1.19 bits per heavy atom. The van der Waals surface area contributed by atoms with Crippen LogP contribution in [0, 0.1) is 0 Å². The Morgan fingerprint density at radius 3 is 2.19 bits per heavy atom. The van der Waals surface area contributed by atoms with Crippen LogP contribution >= 0.6 is 0 Å². The molecule has 2 N–H and O–H groups in total. The van der Waals surface area contributed by atoms with E-state index in [0.29, 0.717) is 6.54 Å². The Morgan fingerprint density at radius 2 is 1.75 bits per heavy atom. The van der Waals surface area contributed by atoms with Gasteiger partial charge in [0.1, 0.15) is 5.60 Å². The number of hydrogen-bond acceptors (Lipinski definition) is 3. The van der Waals surface area contributed by atoms with E-state index in [4.69, 9.17) is 4.74 Å². The van der Waals surface area contributed by atoms with E-state index < -0.39 is 5.60 Å². The zero-order valence-corrected chi connectivity index (χ0v) is 11.4. The Kier molecular flexibility index (Phi) is 5.79.